The predicted molar refractivity (Wildman–Crippen MR) is 90.0 cm³/mol. The van der Waals surface area contributed by atoms with E-state index in [1.54, 1.807) is 31.2 Å². The Morgan fingerprint density at radius 3 is 2.74 bits per heavy atom. The highest BCUT2D eigenvalue weighted by Crippen LogP contribution is 2.23. The zero-order chi connectivity index (χ0) is 16.6. The number of carbonyl (C=O) groups is 1. The first kappa shape index (κ1) is 15.5. The Hall–Kier alpha value is -2.41. The van der Waals surface area contributed by atoms with E-state index in [-0.39, 0.29) is 5.91 Å². The molecule has 0 saturated heterocycles. The summed E-state index contributed by atoms with van der Waals surface area (Å²) in [5.74, 6) is -0.547. The Labute approximate surface area is 136 Å². The lowest BCUT2D eigenvalue weighted by atomic mass is 10.2. The Kier molecular flexibility index (Phi) is 4.04. The van der Waals surface area contributed by atoms with Crippen molar-refractivity contribution >= 4 is 33.5 Å². The van der Waals surface area contributed by atoms with E-state index in [0.717, 1.165) is 5.69 Å². The molecule has 23 heavy (non-hydrogen) atoms. The number of benzene rings is 1. The minimum atomic E-state index is -0.697. The summed E-state index contributed by atoms with van der Waals surface area (Å²) in [6.45, 7) is 5.75. The lowest BCUT2D eigenvalue weighted by Gasteiger charge is -2.11. The van der Waals surface area contributed by atoms with Crippen LogP contribution in [0.4, 0.5) is 5.13 Å². The number of aromatic nitrogens is 2. The minimum Gasteiger partial charge on any atom is -0.408 e. The molecule has 0 bridgehead atoms. The molecule has 0 fully saturated rings. The van der Waals surface area contributed by atoms with Gasteiger partial charge < -0.3 is 9.73 Å². The van der Waals surface area contributed by atoms with Crippen molar-refractivity contribution in [3.05, 3.63) is 45.9 Å². The van der Waals surface area contributed by atoms with E-state index >= 15 is 0 Å². The number of nitrogens with zero attached hydrogens (tertiary/aromatic N) is 2. The van der Waals surface area contributed by atoms with Gasteiger partial charge in [-0.3, -0.25) is 9.36 Å². The van der Waals surface area contributed by atoms with Gasteiger partial charge in [0.1, 0.15) is 6.04 Å². The van der Waals surface area contributed by atoms with E-state index in [0.29, 0.717) is 22.1 Å². The van der Waals surface area contributed by atoms with Crippen LogP contribution in [0.1, 0.15) is 38.4 Å². The Morgan fingerprint density at radius 2 is 2.04 bits per heavy atom. The van der Waals surface area contributed by atoms with Crippen molar-refractivity contribution in [2.45, 2.75) is 32.7 Å². The summed E-state index contributed by atoms with van der Waals surface area (Å²) < 4.78 is 6.52. The second-order valence-corrected chi connectivity index (χ2v) is 6.46. The molecular weight excluding hydrogens is 314 g/mol. The summed E-state index contributed by atoms with van der Waals surface area (Å²) in [6, 6.07) is 6.34. The molecule has 2 aromatic heterocycles. The Morgan fingerprint density at radius 1 is 1.30 bits per heavy atom. The van der Waals surface area contributed by atoms with Crippen molar-refractivity contribution in [3.63, 3.8) is 0 Å². The molecule has 1 N–H and O–H groups in total. The number of hydrogen-bond donors (Lipinski definition) is 1. The van der Waals surface area contributed by atoms with Gasteiger partial charge in [0.15, 0.2) is 10.7 Å². The molecule has 0 aliphatic rings. The molecule has 2 heterocycles. The highest BCUT2D eigenvalue weighted by Gasteiger charge is 2.22. The smallest absolute Gasteiger partial charge is 0.408 e. The lowest BCUT2D eigenvalue weighted by Crippen LogP contribution is -2.29. The topological polar surface area (TPSA) is 77.1 Å². The van der Waals surface area contributed by atoms with Crippen LogP contribution in [0.5, 0.6) is 0 Å². The van der Waals surface area contributed by atoms with Crippen LogP contribution < -0.4 is 11.1 Å². The molecule has 3 aromatic rings. The first-order valence-electron chi connectivity index (χ1n) is 7.33. The maximum Gasteiger partial charge on any atom is 0.420 e. The third-order valence-corrected chi connectivity index (χ3v) is 4.41. The molecule has 0 aliphatic heterocycles. The van der Waals surface area contributed by atoms with Gasteiger partial charge in [-0.1, -0.05) is 26.0 Å². The van der Waals surface area contributed by atoms with Crippen LogP contribution in [-0.4, -0.2) is 15.5 Å². The molecule has 120 valence electrons. The summed E-state index contributed by atoms with van der Waals surface area (Å²) in [5, 5.41) is 5.22. The van der Waals surface area contributed by atoms with Crippen molar-refractivity contribution in [2.75, 3.05) is 5.32 Å². The van der Waals surface area contributed by atoms with Crippen molar-refractivity contribution in [1.82, 2.24) is 9.55 Å². The average molecular weight is 331 g/mol. The number of rotatable bonds is 4. The highest BCUT2D eigenvalue weighted by atomic mass is 32.1. The molecule has 1 atom stereocenters. The molecule has 3 rings (SSSR count). The van der Waals surface area contributed by atoms with Crippen molar-refractivity contribution in [3.8, 4) is 0 Å². The van der Waals surface area contributed by atoms with Crippen LogP contribution in [0.15, 0.2) is 38.9 Å². The number of amides is 1. The molecule has 1 amide bonds. The zero-order valence-electron chi connectivity index (χ0n) is 13.1. The number of anilines is 1. The zero-order valence-corrected chi connectivity index (χ0v) is 13.9. The average Bonchev–Trinajstić information content (AvgIpc) is 3.10. The second kappa shape index (κ2) is 6.00. The summed E-state index contributed by atoms with van der Waals surface area (Å²) in [6.07, 6.45) is 0. The predicted octanol–water partition coefficient (Wildman–Crippen LogP) is 3.37. The molecule has 0 radical (unpaired) electrons. The molecular formula is C16H17N3O3S. The van der Waals surface area contributed by atoms with Gasteiger partial charge in [-0.25, -0.2) is 9.78 Å². The minimum absolute atomic E-state index is 0.301. The lowest BCUT2D eigenvalue weighted by molar-refractivity contribution is -0.118. The van der Waals surface area contributed by atoms with Gasteiger partial charge in [0.25, 0.3) is 0 Å². The van der Waals surface area contributed by atoms with Crippen molar-refractivity contribution in [1.29, 1.82) is 0 Å². The van der Waals surface area contributed by atoms with Crippen molar-refractivity contribution in [2.24, 2.45) is 0 Å². The fourth-order valence-corrected chi connectivity index (χ4v) is 3.16. The van der Waals surface area contributed by atoms with Gasteiger partial charge in [0.05, 0.1) is 11.2 Å². The van der Waals surface area contributed by atoms with Gasteiger partial charge >= 0.3 is 5.76 Å². The first-order chi connectivity index (χ1) is 11.0. The van der Waals surface area contributed by atoms with Gasteiger partial charge in [0.2, 0.25) is 5.91 Å². The van der Waals surface area contributed by atoms with E-state index in [4.69, 9.17) is 4.42 Å². The Balaban J connectivity index is 1.86. The molecule has 6 nitrogen and oxygen atoms in total. The third-order valence-electron chi connectivity index (χ3n) is 3.63. The summed E-state index contributed by atoms with van der Waals surface area (Å²) in [7, 11) is 0. The van der Waals surface area contributed by atoms with Crippen molar-refractivity contribution < 1.29 is 9.21 Å². The fourth-order valence-electron chi connectivity index (χ4n) is 2.29. The maximum atomic E-state index is 12.4. The fraction of sp³-hybridized carbons (Fsp3) is 0.312. The van der Waals surface area contributed by atoms with E-state index in [1.807, 2.05) is 19.2 Å². The highest BCUT2D eigenvalue weighted by molar-refractivity contribution is 7.13. The van der Waals surface area contributed by atoms with Crippen LogP contribution in [0.2, 0.25) is 0 Å². The number of carbonyl (C=O) groups excluding carboxylic acids is 1. The number of para-hydroxylation sites is 2. The maximum absolute atomic E-state index is 12.4. The monoisotopic (exact) mass is 331 g/mol. The third kappa shape index (κ3) is 2.92. The van der Waals surface area contributed by atoms with Gasteiger partial charge in [0, 0.05) is 5.38 Å². The quantitative estimate of drug-likeness (QED) is 0.795. The van der Waals surface area contributed by atoms with Crippen LogP contribution >= 0.6 is 11.3 Å². The van der Waals surface area contributed by atoms with E-state index < -0.39 is 11.8 Å². The summed E-state index contributed by atoms with van der Waals surface area (Å²) in [4.78, 5) is 28.8. The molecule has 1 aromatic carbocycles. The summed E-state index contributed by atoms with van der Waals surface area (Å²) >= 11 is 1.37. The molecule has 0 aliphatic carbocycles. The van der Waals surface area contributed by atoms with Crippen LogP contribution in [0.25, 0.3) is 11.1 Å². The molecule has 7 heteroatoms. The first-order valence-corrected chi connectivity index (χ1v) is 8.21. The van der Waals surface area contributed by atoms with Crippen LogP contribution in [0, 0.1) is 0 Å². The molecule has 1 unspecified atom stereocenters. The molecule has 0 spiro atoms. The SMILES string of the molecule is CC(C)c1csc(NC(=O)C(C)n2c(=O)oc3ccccc32)n1. The summed E-state index contributed by atoms with van der Waals surface area (Å²) in [5.41, 5.74) is 2.00. The standard InChI is InChI=1S/C16H17N3O3S/c1-9(2)11-8-23-15(17-11)18-14(20)10(3)19-12-6-4-5-7-13(12)22-16(19)21/h4-10H,1-3H3,(H,17,18,20). The number of oxazole rings is 1. The normalized spacial score (nSPS) is 12.7. The number of nitrogens with one attached hydrogen (secondary N) is 1. The largest absolute Gasteiger partial charge is 0.420 e. The number of hydrogen-bond acceptors (Lipinski definition) is 5. The van der Waals surface area contributed by atoms with E-state index in [2.05, 4.69) is 10.3 Å². The molecule has 0 saturated carbocycles. The van der Waals surface area contributed by atoms with Crippen LogP contribution in [-0.2, 0) is 4.79 Å². The second-order valence-electron chi connectivity index (χ2n) is 5.60. The van der Waals surface area contributed by atoms with E-state index in [1.165, 1.54) is 15.9 Å². The number of fused-ring (bicyclic) bond motifs is 1. The van der Waals surface area contributed by atoms with Gasteiger partial charge in [-0.15, -0.1) is 11.3 Å². The van der Waals surface area contributed by atoms with E-state index in [9.17, 15) is 9.59 Å². The van der Waals surface area contributed by atoms with Crippen LogP contribution in [0.3, 0.4) is 0 Å². The van der Waals surface area contributed by atoms with Gasteiger partial charge in [-0.2, -0.15) is 0 Å². The van der Waals surface area contributed by atoms with Gasteiger partial charge in [-0.05, 0) is 25.0 Å². The number of thiazole rings is 1. The Bertz CT molecular complexity index is 907.